The van der Waals surface area contributed by atoms with Crippen molar-refractivity contribution in [2.24, 2.45) is 0 Å². The number of esters is 1. The van der Waals surface area contributed by atoms with E-state index in [2.05, 4.69) is 15.0 Å². The van der Waals surface area contributed by atoms with Crippen LogP contribution in [0.25, 0.3) is 5.69 Å². The number of benzene rings is 1. The van der Waals surface area contributed by atoms with Crippen molar-refractivity contribution in [3.05, 3.63) is 51.9 Å². The second kappa shape index (κ2) is 6.97. The third-order valence-corrected chi connectivity index (χ3v) is 4.55. The highest BCUT2D eigenvalue weighted by Gasteiger charge is 2.20. The minimum Gasteiger partial charge on any atom is -0.468 e. The maximum Gasteiger partial charge on any atom is 0.316 e. The lowest BCUT2D eigenvalue weighted by Crippen LogP contribution is -2.35. The number of hydrogen-bond donors (Lipinski definition) is 1. The average Bonchev–Trinajstić information content (AvgIpc) is 2.60. The third kappa shape index (κ3) is 3.30. The predicted molar refractivity (Wildman–Crippen MR) is 88.0 cm³/mol. The Balaban J connectivity index is 2.10. The van der Waals surface area contributed by atoms with Gasteiger partial charge in [0.15, 0.2) is 5.16 Å². The van der Waals surface area contributed by atoms with Gasteiger partial charge in [-0.1, -0.05) is 30.0 Å². The van der Waals surface area contributed by atoms with Gasteiger partial charge >= 0.3 is 5.97 Å². The highest BCUT2D eigenvalue weighted by atomic mass is 32.2. The van der Waals surface area contributed by atoms with Crippen LogP contribution >= 0.6 is 11.8 Å². The van der Waals surface area contributed by atoms with Crippen molar-refractivity contribution in [1.82, 2.24) is 14.9 Å². The number of nitrogens with zero attached hydrogens (tertiary/aromatic N) is 2. The Morgan fingerprint density at radius 3 is 2.91 bits per heavy atom. The lowest BCUT2D eigenvalue weighted by Gasteiger charge is -2.20. The molecule has 2 heterocycles. The summed E-state index contributed by atoms with van der Waals surface area (Å²) >= 11 is 1.22. The fourth-order valence-electron chi connectivity index (χ4n) is 2.47. The fraction of sp³-hybridized carbons (Fsp3) is 0.312. The van der Waals surface area contributed by atoms with Gasteiger partial charge in [-0.05, 0) is 12.1 Å². The molecule has 0 saturated heterocycles. The highest BCUT2D eigenvalue weighted by molar-refractivity contribution is 7.99. The Bertz CT molecular complexity index is 774. The van der Waals surface area contributed by atoms with Crippen LogP contribution in [0.15, 0.2) is 40.3 Å². The lowest BCUT2D eigenvalue weighted by atomic mass is 10.1. The SMILES string of the molecule is COC(=O)CSc1nc2c(c(=O)n1-c1ccccc1)CNCC2. The molecule has 2 aromatic rings. The molecule has 0 atom stereocenters. The first-order valence-corrected chi connectivity index (χ1v) is 8.30. The van der Waals surface area contributed by atoms with Crippen LogP contribution in [0.2, 0.25) is 0 Å². The summed E-state index contributed by atoms with van der Waals surface area (Å²) in [5, 5.41) is 3.73. The Hall–Kier alpha value is -2.12. The van der Waals surface area contributed by atoms with Crippen molar-refractivity contribution < 1.29 is 9.53 Å². The fourth-order valence-corrected chi connectivity index (χ4v) is 3.32. The molecule has 1 aliphatic rings. The molecule has 0 bridgehead atoms. The monoisotopic (exact) mass is 331 g/mol. The molecule has 0 amide bonds. The average molecular weight is 331 g/mol. The molecule has 0 aliphatic carbocycles. The smallest absolute Gasteiger partial charge is 0.316 e. The summed E-state index contributed by atoms with van der Waals surface area (Å²) in [6, 6.07) is 9.34. The van der Waals surface area contributed by atoms with Gasteiger partial charge < -0.3 is 10.1 Å². The molecule has 6 nitrogen and oxygen atoms in total. The van der Waals surface area contributed by atoms with E-state index in [9.17, 15) is 9.59 Å². The molecule has 23 heavy (non-hydrogen) atoms. The van der Waals surface area contributed by atoms with Crippen molar-refractivity contribution in [1.29, 1.82) is 0 Å². The molecule has 0 fully saturated rings. The largest absolute Gasteiger partial charge is 0.468 e. The Labute approximate surface area is 137 Å². The molecule has 1 aliphatic heterocycles. The van der Waals surface area contributed by atoms with Crippen LogP contribution in [0.5, 0.6) is 0 Å². The van der Waals surface area contributed by atoms with Gasteiger partial charge in [-0.2, -0.15) is 0 Å². The zero-order valence-corrected chi connectivity index (χ0v) is 13.6. The van der Waals surface area contributed by atoms with Gasteiger partial charge in [0.2, 0.25) is 0 Å². The first-order valence-electron chi connectivity index (χ1n) is 7.31. The first kappa shape index (κ1) is 15.8. The molecule has 1 aromatic heterocycles. The molecule has 0 unspecified atom stereocenters. The number of hydrogen-bond acceptors (Lipinski definition) is 6. The Morgan fingerprint density at radius 2 is 2.17 bits per heavy atom. The van der Waals surface area contributed by atoms with E-state index in [1.54, 1.807) is 4.57 Å². The zero-order chi connectivity index (χ0) is 16.2. The number of para-hydroxylation sites is 1. The van der Waals surface area contributed by atoms with Crippen LogP contribution in [0, 0.1) is 0 Å². The van der Waals surface area contributed by atoms with Gasteiger partial charge in [0, 0.05) is 19.5 Å². The lowest BCUT2D eigenvalue weighted by molar-refractivity contribution is -0.137. The van der Waals surface area contributed by atoms with E-state index in [0.717, 1.165) is 17.9 Å². The third-order valence-electron chi connectivity index (χ3n) is 3.63. The quantitative estimate of drug-likeness (QED) is 0.515. The first-order chi connectivity index (χ1) is 11.2. The topological polar surface area (TPSA) is 73.2 Å². The number of methoxy groups -OCH3 is 1. The molecule has 3 rings (SSSR count). The number of ether oxygens (including phenoxy) is 1. The molecule has 0 radical (unpaired) electrons. The molecule has 0 spiro atoms. The highest BCUT2D eigenvalue weighted by Crippen LogP contribution is 2.21. The molecule has 7 heteroatoms. The van der Waals surface area contributed by atoms with Gasteiger partial charge in [-0.3, -0.25) is 14.2 Å². The summed E-state index contributed by atoms with van der Waals surface area (Å²) in [7, 11) is 1.35. The van der Waals surface area contributed by atoms with E-state index in [4.69, 9.17) is 0 Å². The minimum absolute atomic E-state index is 0.0826. The number of carbonyl (C=O) groups excluding carboxylic acids is 1. The van der Waals surface area contributed by atoms with Crippen LogP contribution in [0.3, 0.4) is 0 Å². The van der Waals surface area contributed by atoms with Gasteiger partial charge in [-0.25, -0.2) is 4.98 Å². The van der Waals surface area contributed by atoms with Crippen molar-refractivity contribution in [3.63, 3.8) is 0 Å². The molecular weight excluding hydrogens is 314 g/mol. The summed E-state index contributed by atoms with van der Waals surface area (Å²) in [5.41, 5.74) is 2.17. The van der Waals surface area contributed by atoms with E-state index in [0.29, 0.717) is 23.7 Å². The molecule has 1 aromatic carbocycles. The predicted octanol–water partition coefficient (Wildman–Crippen LogP) is 1.14. The number of thioether (sulfide) groups is 1. The summed E-state index contributed by atoms with van der Waals surface area (Å²) in [4.78, 5) is 29.0. The zero-order valence-electron chi connectivity index (χ0n) is 12.7. The van der Waals surface area contributed by atoms with Gasteiger partial charge in [0.25, 0.3) is 5.56 Å². The summed E-state index contributed by atoms with van der Waals surface area (Å²) in [6.07, 6.45) is 0.714. The van der Waals surface area contributed by atoms with Crippen molar-refractivity contribution in [2.45, 2.75) is 18.1 Å². The van der Waals surface area contributed by atoms with E-state index in [-0.39, 0.29) is 17.3 Å². The number of carbonyl (C=O) groups is 1. The maximum absolute atomic E-state index is 12.9. The van der Waals surface area contributed by atoms with Crippen LogP contribution in [-0.4, -0.2) is 34.9 Å². The van der Waals surface area contributed by atoms with Crippen LogP contribution in [0.4, 0.5) is 0 Å². The number of fused-ring (bicyclic) bond motifs is 1. The Kier molecular flexibility index (Phi) is 4.78. The molecule has 120 valence electrons. The minimum atomic E-state index is -0.344. The van der Waals surface area contributed by atoms with Crippen molar-refractivity contribution in [2.75, 3.05) is 19.4 Å². The summed E-state index contributed by atoms with van der Waals surface area (Å²) in [6.45, 7) is 1.33. The van der Waals surface area contributed by atoms with Crippen molar-refractivity contribution in [3.8, 4) is 5.69 Å². The van der Waals surface area contributed by atoms with E-state index >= 15 is 0 Å². The molecular formula is C16H17N3O3S. The Morgan fingerprint density at radius 1 is 1.39 bits per heavy atom. The number of rotatable bonds is 4. The maximum atomic E-state index is 12.9. The second-order valence-corrected chi connectivity index (χ2v) is 6.03. The van der Waals surface area contributed by atoms with E-state index in [1.165, 1.54) is 18.9 Å². The van der Waals surface area contributed by atoms with Crippen LogP contribution < -0.4 is 10.9 Å². The van der Waals surface area contributed by atoms with Crippen LogP contribution in [-0.2, 0) is 22.5 Å². The van der Waals surface area contributed by atoms with Crippen LogP contribution in [0.1, 0.15) is 11.3 Å². The number of aromatic nitrogens is 2. The molecule has 1 N–H and O–H groups in total. The summed E-state index contributed by atoms with van der Waals surface area (Å²) in [5.74, 6) is -0.226. The normalized spacial score (nSPS) is 13.4. The standard InChI is InChI=1S/C16H17N3O3S/c1-22-14(20)10-23-16-18-13-7-8-17-9-12(13)15(21)19(16)11-5-3-2-4-6-11/h2-6,17H,7-10H2,1H3. The number of nitrogens with one attached hydrogen (secondary N) is 1. The van der Waals surface area contributed by atoms with Gasteiger partial charge in [0.1, 0.15) is 0 Å². The summed E-state index contributed by atoms with van der Waals surface area (Å²) < 4.78 is 6.24. The van der Waals surface area contributed by atoms with Crippen molar-refractivity contribution >= 4 is 17.7 Å². The van der Waals surface area contributed by atoms with Gasteiger partial charge in [-0.15, -0.1) is 0 Å². The van der Waals surface area contributed by atoms with E-state index < -0.39 is 0 Å². The van der Waals surface area contributed by atoms with Gasteiger partial charge in [0.05, 0.1) is 29.8 Å². The molecule has 0 saturated carbocycles. The second-order valence-electron chi connectivity index (χ2n) is 5.09. The van der Waals surface area contributed by atoms with E-state index in [1.807, 2.05) is 30.3 Å².